The van der Waals surface area contributed by atoms with Crippen LogP contribution in [-0.2, 0) is 13.2 Å². The Morgan fingerprint density at radius 3 is 2.48 bits per heavy atom. The number of carbonyl (C=O) groups excluding carboxylic acids is 1. The van der Waals surface area contributed by atoms with E-state index in [-0.39, 0.29) is 6.03 Å². The molecule has 1 aromatic carbocycles. The summed E-state index contributed by atoms with van der Waals surface area (Å²) >= 11 is 0. The maximum absolute atomic E-state index is 12.5. The summed E-state index contributed by atoms with van der Waals surface area (Å²) in [5, 5.41) is 3.05. The molecule has 6 heteroatoms. The minimum absolute atomic E-state index is 0.0420. The van der Waals surface area contributed by atoms with Crippen LogP contribution in [0, 0.1) is 0 Å². The average molecular weight is 395 g/mol. The zero-order valence-corrected chi connectivity index (χ0v) is 16.9. The fourth-order valence-electron chi connectivity index (χ4n) is 4.17. The minimum Gasteiger partial charge on any atom is -0.487 e. The predicted molar refractivity (Wildman–Crippen MR) is 113 cm³/mol. The number of hydrogen-bond acceptors (Lipinski definition) is 4. The number of hydrogen-bond donors (Lipinski definition) is 1. The van der Waals surface area contributed by atoms with Crippen molar-refractivity contribution in [2.75, 3.05) is 26.2 Å². The summed E-state index contributed by atoms with van der Waals surface area (Å²) in [6.45, 7) is 5.16. The number of likely N-dealkylation sites (tertiary alicyclic amines) is 2. The van der Waals surface area contributed by atoms with Gasteiger partial charge in [0.25, 0.3) is 0 Å². The highest BCUT2D eigenvalue weighted by molar-refractivity contribution is 5.74. The number of nitrogens with zero attached hydrogens (tertiary/aromatic N) is 3. The molecule has 154 valence electrons. The number of nitrogens with one attached hydrogen (secondary N) is 1. The second-order valence-corrected chi connectivity index (χ2v) is 7.87. The molecule has 0 saturated carbocycles. The van der Waals surface area contributed by atoms with E-state index in [0.717, 1.165) is 42.9 Å². The van der Waals surface area contributed by atoms with E-state index >= 15 is 0 Å². The van der Waals surface area contributed by atoms with Crippen LogP contribution < -0.4 is 10.1 Å². The number of piperidine rings is 1. The van der Waals surface area contributed by atoms with E-state index in [2.05, 4.69) is 15.2 Å². The SMILES string of the molecule is O=C(NCc1ccc(OCc2ccccn2)cc1)N1CCC(N2CCCC2)CC1. The second kappa shape index (κ2) is 9.74. The van der Waals surface area contributed by atoms with Gasteiger partial charge in [0.1, 0.15) is 12.4 Å². The van der Waals surface area contributed by atoms with Crippen LogP contribution in [0.1, 0.15) is 36.9 Å². The fraction of sp³-hybridized carbons (Fsp3) is 0.478. The Morgan fingerprint density at radius 2 is 1.79 bits per heavy atom. The van der Waals surface area contributed by atoms with Crippen LogP contribution in [0.2, 0.25) is 0 Å². The number of carbonyl (C=O) groups is 1. The molecule has 0 aliphatic carbocycles. The van der Waals surface area contributed by atoms with Gasteiger partial charge in [-0.3, -0.25) is 4.98 Å². The van der Waals surface area contributed by atoms with Gasteiger partial charge in [0.2, 0.25) is 0 Å². The van der Waals surface area contributed by atoms with Gasteiger partial charge in [0.15, 0.2) is 0 Å². The zero-order chi connectivity index (χ0) is 19.9. The Bertz CT molecular complexity index is 767. The van der Waals surface area contributed by atoms with E-state index in [1.54, 1.807) is 6.20 Å². The first-order chi connectivity index (χ1) is 14.3. The molecule has 0 radical (unpaired) electrons. The molecule has 0 spiro atoms. The van der Waals surface area contributed by atoms with E-state index in [1.165, 1.54) is 25.9 Å². The molecule has 2 aliphatic heterocycles. The smallest absolute Gasteiger partial charge is 0.317 e. The Labute approximate surface area is 172 Å². The lowest BCUT2D eigenvalue weighted by Crippen LogP contribution is -2.48. The van der Waals surface area contributed by atoms with Crippen molar-refractivity contribution >= 4 is 6.03 Å². The molecule has 6 nitrogen and oxygen atoms in total. The molecule has 3 heterocycles. The summed E-state index contributed by atoms with van der Waals surface area (Å²) in [5.74, 6) is 0.801. The van der Waals surface area contributed by atoms with Crippen molar-refractivity contribution in [3.8, 4) is 5.75 Å². The van der Waals surface area contributed by atoms with Gasteiger partial charge in [-0.15, -0.1) is 0 Å². The van der Waals surface area contributed by atoms with Crippen LogP contribution in [0.3, 0.4) is 0 Å². The summed E-state index contributed by atoms with van der Waals surface area (Å²) in [4.78, 5) is 21.3. The molecule has 0 atom stereocenters. The molecular weight excluding hydrogens is 364 g/mol. The van der Waals surface area contributed by atoms with E-state index in [1.807, 2.05) is 47.4 Å². The number of aromatic nitrogens is 1. The molecule has 0 unspecified atom stereocenters. The van der Waals surface area contributed by atoms with Gasteiger partial charge in [0.05, 0.1) is 5.69 Å². The summed E-state index contributed by atoms with van der Waals surface area (Å²) < 4.78 is 5.76. The van der Waals surface area contributed by atoms with Crippen molar-refractivity contribution in [1.29, 1.82) is 0 Å². The molecule has 29 heavy (non-hydrogen) atoms. The lowest BCUT2D eigenvalue weighted by Gasteiger charge is -2.36. The largest absolute Gasteiger partial charge is 0.487 e. The number of ether oxygens (including phenoxy) is 1. The van der Waals surface area contributed by atoms with Gasteiger partial charge >= 0.3 is 6.03 Å². The summed E-state index contributed by atoms with van der Waals surface area (Å²) in [6, 6.07) is 14.4. The number of urea groups is 1. The predicted octanol–water partition coefficient (Wildman–Crippen LogP) is 3.43. The lowest BCUT2D eigenvalue weighted by atomic mass is 10.0. The molecule has 1 aromatic heterocycles. The number of benzene rings is 1. The van der Waals surface area contributed by atoms with Gasteiger partial charge in [-0.25, -0.2) is 4.79 Å². The third kappa shape index (κ3) is 5.48. The third-order valence-electron chi connectivity index (χ3n) is 5.89. The Kier molecular flexibility index (Phi) is 6.62. The third-order valence-corrected chi connectivity index (χ3v) is 5.89. The molecular formula is C23H30N4O2. The molecule has 2 amide bonds. The number of pyridine rings is 1. The van der Waals surface area contributed by atoms with Gasteiger partial charge in [0, 0.05) is 31.9 Å². The quantitative estimate of drug-likeness (QED) is 0.816. The first-order valence-electron chi connectivity index (χ1n) is 10.7. The molecule has 4 rings (SSSR count). The van der Waals surface area contributed by atoms with Crippen molar-refractivity contribution in [1.82, 2.24) is 20.1 Å². The standard InChI is InChI=1S/C23H30N4O2/c28-23(27-15-10-21(11-16-27)26-13-3-4-14-26)25-17-19-6-8-22(9-7-19)29-18-20-5-1-2-12-24-20/h1-2,5-9,12,21H,3-4,10-11,13-18H2,(H,25,28). The first-order valence-corrected chi connectivity index (χ1v) is 10.7. The second-order valence-electron chi connectivity index (χ2n) is 7.87. The zero-order valence-electron chi connectivity index (χ0n) is 16.9. The van der Waals surface area contributed by atoms with Crippen LogP contribution in [0.15, 0.2) is 48.7 Å². The Balaban J connectivity index is 1.18. The highest BCUT2D eigenvalue weighted by Gasteiger charge is 2.28. The number of rotatable bonds is 6. The first kappa shape index (κ1) is 19.7. The Morgan fingerprint density at radius 1 is 1.03 bits per heavy atom. The molecule has 2 aromatic rings. The van der Waals surface area contributed by atoms with Crippen LogP contribution in [0.5, 0.6) is 5.75 Å². The van der Waals surface area contributed by atoms with Crippen molar-refractivity contribution in [3.63, 3.8) is 0 Å². The summed E-state index contributed by atoms with van der Waals surface area (Å²) in [6.07, 6.45) is 6.60. The van der Waals surface area contributed by atoms with E-state index in [4.69, 9.17) is 4.74 Å². The molecule has 0 bridgehead atoms. The number of amides is 2. The van der Waals surface area contributed by atoms with Gasteiger partial charge in [-0.05, 0) is 68.6 Å². The fourth-order valence-corrected chi connectivity index (χ4v) is 4.17. The van der Waals surface area contributed by atoms with Crippen LogP contribution in [0.4, 0.5) is 4.79 Å². The summed E-state index contributed by atoms with van der Waals surface area (Å²) in [7, 11) is 0. The molecule has 2 aliphatic rings. The van der Waals surface area contributed by atoms with Crippen LogP contribution in [0.25, 0.3) is 0 Å². The van der Waals surface area contributed by atoms with Gasteiger partial charge < -0.3 is 19.9 Å². The molecule has 2 fully saturated rings. The van der Waals surface area contributed by atoms with Crippen molar-refractivity contribution in [2.24, 2.45) is 0 Å². The van der Waals surface area contributed by atoms with Crippen molar-refractivity contribution < 1.29 is 9.53 Å². The summed E-state index contributed by atoms with van der Waals surface area (Å²) in [5.41, 5.74) is 1.97. The minimum atomic E-state index is 0.0420. The average Bonchev–Trinajstić information content (AvgIpc) is 3.33. The topological polar surface area (TPSA) is 57.7 Å². The maximum Gasteiger partial charge on any atom is 0.317 e. The van der Waals surface area contributed by atoms with Crippen LogP contribution in [-0.4, -0.2) is 53.0 Å². The monoisotopic (exact) mass is 394 g/mol. The van der Waals surface area contributed by atoms with E-state index in [9.17, 15) is 4.79 Å². The Hall–Kier alpha value is -2.60. The highest BCUT2D eigenvalue weighted by Crippen LogP contribution is 2.21. The van der Waals surface area contributed by atoms with Crippen LogP contribution >= 0.6 is 0 Å². The lowest BCUT2D eigenvalue weighted by molar-refractivity contribution is 0.134. The highest BCUT2D eigenvalue weighted by atomic mass is 16.5. The normalized spacial score (nSPS) is 18.0. The van der Waals surface area contributed by atoms with E-state index in [0.29, 0.717) is 19.2 Å². The molecule has 1 N–H and O–H groups in total. The van der Waals surface area contributed by atoms with Gasteiger partial charge in [-0.1, -0.05) is 18.2 Å². The van der Waals surface area contributed by atoms with Crippen molar-refractivity contribution in [3.05, 3.63) is 59.9 Å². The van der Waals surface area contributed by atoms with E-state index < -0.39 is 0 Å². The maximum atomic E-state index is 12.5. The molecule has 2 saturated heterocycles. The van der Waals surface area contributed by atoms with Crippen molar-refractivity contribution in [2.45, 2.75) is 44.9 Å². The van der Waals surface area contributed by atoms with Gasteiger partial charge in [-0.2, -0.15) is 0 Å².